The van der Waals surface area contributed by atoms with Crippen LogP contribution in [0.5, 0.6) is 0 Å². The number of benzene rings is 1. The third-order valence-corrected chi connectivity index (χ3v) is 3.12. The summed E-state index contributed by atoms with van der Waals surface area (Å²) < 4.78 is 27.5. The summed E-state index contributed by atoms with van der Waals surface area (Å²) in [5.74, 6) is -0.758. The summed E-state index contributed by atoms with van der Waals surface area (Å²) in [6, 6.07) is 12.3. The van der Waals surface area contributed by atoms with Crippen LogP contribution in [0.3, 0.4) is 0 Å². The van der Waals surface area contributed by atoms with Gasteiger partial charge in [0, 0.05) is 12.1 Å². The zero-order valence-electron chi connectivity index (χ0n) is 11.4. The molecule has 0 amide bonds. The first-order valence-electron chi connectivity index (χ1n) is 6.51. The lowest BCUT2D eigenvalue weighted by molar-refractivity contribution is 0.619. The first-order chi connectivity index (χ1) is 10.7. The molecule has 0 bridgehead atoms. The third-order valence-electron chi connectivity index (χ3n) is 3.12. The molecular formula is C16H10F2N4. The summed E-state index contributed by atoms with van der Waals surface area (Å²) in [6.45, 7) is 0. The molecule has 3 aromatic rings. The van der Waals surface area contributed by atoms with Crippen molar-refractivity contribution in [3.05, 3.63) is 77.4 Å². The second-order valence-electron chi connectivity index (χ2n) is 4.67. The van der Waals surface area contributed by atoms with E-state index >= 15 is 0 Å². The van der Waals surface area contributed by atoms with Gasteiger partial charge in [-0.1, -0.05) is 0 Å². The largest absolute Gasteiger partial charge is 0.258 e. The number of aromatic nitrogens is 3. The maximum absolute atomic E-state index is 13.0. The van der Waals surface area contributed by atoms with Gasteiger partial charge < -0.3 is 0 Å². The maximum Gasteiger partial charge on any atom is 0.163 e. The van der Waals surface area contributed by atoms with E-state index in [9.17, 15) is 8.78 Å². The Morgan fingerprint density at radius 3 is 2.41 bits per heavy atom. The summed E-state index contributed by atoms with van der Waals surface area (Å²) in [6.07, 6.45) is 1.52. The van der Waals surface area contributed by atoms with Gasteiger partial charge in [-0.2, -0.15) is 10.4 Å². The zero-order valence-corrected chi connectivity index (χ0v) is 11.4. The SMILES string of the molecule is N#Cc1cc(Cc2ccc(F)cn2)n(-c2ccc(F)cc2)n1. The summed E-state index contributed by atoms with van der Waals surface area (Å²) in [5, 5.41) is 13.2. The number of hydrogen-bond donors (Lipinski definition) is 0. The Balaban J connectivity index is 2.00. The van der Waals surface area contributed by atoms with Crippen molar-refractivity contribution in [2.45, 2.75) is 6.42 Å². The molecule has 6 heteroatoms. The van der Waals surface area contributed by atoms with Gasteiger partial charge in [-0.05, 0) is 42.5 Å². The van der Waals surface area contributed by atoms with Crippen molar-refractivity contribution < 1.29 is 8.78 Å². The maximum atomic E-state index is 13.0. The predicted molar refractivity (Wildman–Crippen MR) is 75.2 cm³/mol. The standard InChI is InChI=1S/C16H10F2N4/c17-11-2-5-15(6-3-11)22-16(8-14(9-19)21-22)7-13-4-1-12(18)10-20-13/h1-6,8,10H,7H2. The Hall–Kier alpha value is -3.07. The molecule has 0 aliphatic rings. The number of halogens is 2. The summed E-state index contributed by atoms with van der Waals surface area (Å²) in [4.78, 5) is 4.00. The molecule has 0 aliphatic carbocycles. The molecule has 0 saturated heterocycles. The van der Waals surface area contributed by atoms with Gasteiger partial charge in [-0.3, -0.25) is 4.98 Å². The number of rotatable bonds is 3. The van der Waals surface area contributed by atoms with Crippen molar-refractivity contribution in [2.75, 3.05) is 0 Å². The van der Waals surface area contributed by atoms with Crippen LogP contribution in [0, 0.1) is 23.0 Å². The fourth-order valence-electron chi connectivity index (χ4n) is 2.10. The Kier molecular flexibility index (Phi) is 3.62. The highest BCUT2D eigenvalue weighted by atomic mass is 19.1. The van der Waals surface area contributed by atoms with E-state index < -0.39 is 5.82 Å². The molecular weight excluding hydrogens is 286 g/mol. The van der Waals surface area contributed by atoms with E-state index in [0.717, 1.165) is 6.20 Å². The fourth-order valence-corrected chi connectivity index (χ4v) is 2.10. The topological polar surface area (TPSA) is 54.5 Å². The average Bonchev–Trinajstić information content (AvgIpc) is 2.93. The van der Waals surface area contributed by atoms with Gasteiger partial charge in [0.25, 0.3) is 0 Å². The minimum absolute atomic E-state index is 0.251. The lowest BCUT2D eigenvalue weighted by Gasteiger charge is -2.07. The molecule has 0 saturated carbocycles. The van der Waals surface area contributed by atoms with Crippen molar-refractivity contribution in [3.63, 3.8) is 0 Å². The highest BCUT2D eigenvalue weighted by molar-refractivity contribution is 5.37. The van der Waals surface area contributed by atoms with Crippen LogP contribution in [-0.2, 0) is 6.42 Å². The molecule has 108 valence electrons. The number of nitrogens with zero attached hydrogens (tertiary/aromatic N) is 4. The van der Waals surface area contributed by atoms with Crippen LogP contribution in [0.15, 0.2) is 48.7 Å². The van der Waals surface area contributed by atoms with Crippen LogP contribution in [0.2, 0.25) is 0 Å². The highest BCUT2D eigenvalue weighted by Crippen LogP contribution is 2.16. The third kappa shape index (κ3) is 2.83. The predicted octanol–water partition coefficient (Wildman–Crippen LogP) is 3.01. The zero-order chi connectivity index (χ0) is 15.5. The van der Waals surface area contributed by atoms with Crippen LogP contribution < -0.4 is 0 Å². The van der Waals surface area contributed by atoms with Gasteiger partial charge in [0.15, 0.2) is 5.69 Å². The Morgan fingerprint density at radius 2 is 1.77 bits per heavy atom. The fraction of sp³-hybridized carbons (Fsp3) is 0.0625. The van der Waals surface area contributed by atoms with Gasteiger partial charge in [-0.25, -0.2) is 13.5 Å². The molecule has 4 nitrogen and oxygen atoms in total. The molecule has 22 heavy (non-hydrogen) atoms. The first kappa shape index (κ1) is 13.9. The van der Waals surface area contributed by atoms with Crippen LogP contribution in [-0.4, -0.2) is 14.8 Å². The first-order valence-corrected chi connectivity index (χ1v) is 6.51. The minimum atomic E-state index is -0.409. The molecule has 0 radical (unpaired) electrons. The molecule has 0 atom stereocenters. The molecule has 1 aromatic carbocycles. The van der Waals surface area contributed by atoms with Gasteiger partial charge in [0.1, 0.15) is 17.7 Å². The van der Waals surface area contributed by atoms with Crippen LogP contribution in [0.1, 0.15) is 17.1 Å². The molecule has 0 fully saturated rings. The molecule has 0 N–H and O–H groups in total. The molecule has 0 aliphatic heterocycles. The highest BCUT2D eigenvalue weighted by Gasteiger charge is 2.11. The van der Waals surface area contributed by atoms with Crippen molar-refractivity contribution in [1.82, 2.24) is 14.8 Å². The summed E-state index contributed by atoms with van der Waals surface area (Å²) in [5.41, 5.74) is 2.25. The molecule has 3 rings (SSSR count). The van der Waals surface area contributed by atoms with Crippen molar-refractivity contribution in [3.8, 4) is 11.8 Å². The minimum Gasteiger partial charge on any atom is -0.258 e. The molecule has 2 aromatic heterocycles. The van der Waals surface area contributed by atoms with Crippen LogP contribution >= 0.6 is 0 Å². The van der Waals surface area contributed by atoms with Crippen LogP contribution in [0.4, 0.5) is 8.78 Å². The number of pyridine rings is 1. The summed E-state index contributed by atoms with van der Waals surface area (Å²) >= 11 is 0. The van der Waals surface area contributed by atoms with E-state index in [1.807, 2.05) is 6.07 Å². The van der Waals surface area contributed by atoms with E-state index in [2.05, 4.69) is 10.1 Å². The average molecular weight is 296 g/mol. The number of nitriles is 1. The smallest absolute Gasteiger partial charge is 0.163 e. The van der Waals surface area contributed by atoms with Gasteiger partial charge >= 0.3 is 0 Å². The van der Waals surface area contributed by atoms with Crippen molar-refractivity contribution in [2.24, 2.45) is 0 Å². The van der Waals surface area contributed by atoms with Gasteiger partial charge in [-0.15, -0.1) is 0 Å². The van der Waals surface area contributed by atoms with Crippen molar-refractivity contribution in [1.29, 1.82) is 5.26 Å². The lowest BCUT2D eigenvalue weighted by Crippen LogP contribution is -2.04. The molecule has 0 unspecified atom stereocenters. The normalized spacial score (nSPS) is 10.4. The van der Waals surface area contributed by atoms with Crippen molar-refractivity contribution >= 4 is 0 Å². The van der Waals surface area contributed by atoms with E-state index in [-0.39, 0.29) is 11.5 Å². The van der Waals surface area contributed by atoms with E-state index in [1.54, 1.807) is 28.9 Å². The van der Waals surface area contributed by atoms with E-state index in [0.29, 0.717) is 23.5 Å². The van der Waals surface area contributed by atoms with Gasteiger partial charge in [0.05, 0.1) is 17.6 Å². The van der Waals surface area contributed by atoms with Crippen LogP contribution in [0.25, 0.3) is 5.69 Å². The second kappa shape index (κ2) is 5.74. The monoisotopic (exact) mass is 296 g/mol. The second-order valence-corrected chi connectivity index (χ2v) is 4.67. The Bertz CT molecular complexity index is 830. The summed E-state index contributed by atoms with van der Waals surface area (Å²) in [7, 11) is 0. The molecule has 0 spiro atoms. The van der Waals surface area contributed by atoms with E-state index in [4.69, 9.17) is 5.26 Å². The number of hydrogen-bond acceptors (Lipinski definition) is 3. The Labute approximate surface area is 125 Å². The van der Waals surface area contributed by atoms with E-state index in [1.165, 1.54) is 18.2 Å². The Morgan fingerprint density at radius 1 is 1.05 bits per heavy atom. The molecule has 2 heterocycles. The quantitative estimate of drug-likeness (QED) is 0.746. The lowest BCUT2D eigenvalue weighted by atomic mass is 10.2. The van der Waals surface area contributed by atoms with Gasteiger partial charge in [0.2, 0.25) is 0 Å².